The highest BCUT2D eigenvalue weighted by Gasteiger charge is 2.64. The van der Waals surface area contributed by atoms with E-state index in [1.54, 1.807) is 0 Å². The van der Waals surface area contributed by atoms with Crippen molar-refractivity contribution in [3.8, 4) is 0 Å². The topological polar surface area (TPSA) is 26.3 Å². The predicted molar refractivity (Wildman–Crippen MR) is 47.9 cm³/mol. The fraction of sp³-hybridized carbons (Fsp3) is 0.727. The molecule has 0 aromatic rings. The Balaban J connectivity index is 1.89. The lowest BCUT2D eigenvalue weighted by atomic mass is 9.89. The maximum absolute atomic E-state index is 11.5. The molecule has 2 heteroatoms. The fourth-order valence-electron chi connectivity index (χ4n) is 3.40. The highest BCUT2D eigenvalue weighted by atomic mass is 16.5. The van der Waals surface area contributed by atoms with Gasteiger partial charge < -0.3 is 4.74 Å². The minimum absolute atomic E-state index is 0.00289. The second kappa shape index (κ2) is 2.17. The van der Waals surface area contributed by atoms with E-state index in [2.05, 4.69) is 12.2 Å². The summed E-state index contributed by atoms with van der Waals surface area (Å²) >= 11 is 0. The second-order valence-corrected chi connectivity index (χ2v) is 4.62. The van der Waals surface area contributed by atoms with Crippen LogP contribution < -0.4 is 0 Å². The van der Waals surface area contributed by atoms with Gasteiger partial charge in [-0.2, -0.15) is 0 Å². The second-order valence-electron chi connectivity index (χ2n) is 4.62. The van der Waals surface area contributed by atoms with Crippen molar-refractivity contribution in [2.24, 2.45) is 23.2 Å². The van der Waals surface area contributed by atoms with E-state index >= 15 is 0 Å². The van der Waals surface area contributed by atoms with Crippen molar-refractivity contribution in [2.75, 3.05) is 7.11 Å². The third-order valence-corrected chi connectivity index (χ3v) is 4.23. The SMILES string of the molecule is COC(=O)[C@@H]1C[C@H]2C=C[C@@H]1C21CC1. The van der Waals surface area contributed by atoms with Crippen molar-refractivity contribution in [3.63, 3.8) is 0 Å². The normalized spacial score (nSPS) is 42.7. The van der Waals surface area contributed by atoms with E-state index in [1.165, 1.54) is 20.0 Å². The van der Waals surface area contributed by atoms with E-state index in [0.29, 0.717) is 17.3 Å². The van der Waals surface area contributed by atoms with Crippen LogP contribution in [0.5, 0.6) is 0 Å². The number of esters is 1. The standard InChI is InChI=1S/C11H14O2/c1-13-10(12)8-6-7-2-3-9(8)11(7)4-5-11/h2-3,7-9H,4-6H2,1H3/t7-,8-,9+/m1/s1. The molecule has 3 atom stereocenters. The van der Waals surface area contributed by atoms with Gasteiger partial charge in [0.05, 0.1) is 13.0 Å². The lowest BCUT2D eigenvalue weighted by molar-refractivity contribution is -0.146. The molecule has 0 aromatic heterocycles. The van der Waals surface area contributed by atoms with Crippen LogP contribution in [0.1, 0.15) is 19.3 Å². The first-order valence-corrected chi connectivity index (χ1v) is 5.04. The van der Waals surface area contributed by atoms with Gasteiger partial charge in [0.15, 0.2) is 0 Å². The first-order valence-electron chi connectivity index (χ1n) is 5.04. The van der Waals surface area contributed by atoms with Gasteiger partial charge in [0.2, 0.25) is 0 Å². The molecule has 3 aliphatic rings. The summed E-state index contributed by atoms with van der Waals surface area (Å²) in [5.41, 5.74) is 0.513. The fourth-order valence-corrected chi connectivity index (χ4v) is 3.40. The molecule has 1 spiro atoms. The Kier molecular flexibility index (Phi) is 1.27. The molecule has 3 aliphatic carbocycles. The van der Waals surface area contributed by atoms with Crippen LogP contribution in [0, 0.1) is 23.2 Å². The summed E-state index contributed by atoms with van der Waals surface area (Å²) in [4.78, 5) is 11.5. The van der Waals surface area contributed by atoms with Crippen molar-refractivity contribution >= 4 is 5.97 Å². The van der Waals surface area contributed by atoms with Crippen LogP contribution in [-0.4, -0.2) is 13.1 Å². The van der Waals surface area contributed by atoms with Crippen LogP contribution >= 0.6 is 0 Å². The van der Waals surface area contributed by atoms with Crippen molar-refractivity contribution in [1.82, 2.24) is 0 Å². The van der Waals surface area contributed by atoms with Crippen LogP contribution in [0.3, 0.4) is 0 Å². The summed E-state index contributed by atoms with van der Waals surface area (Å²) in [7, 11) is 1.50. The van der Waals surface area contributed by atoms with Gasteiger partial charge in [-0.25, -0.2) is 0 Å². The van der Waals surface area contributed by atoms with E-state index in [1.807, 2.05) is 0 Å². The van der Waals surface area contributed by atoms with E-state index < -0.39 is 0 Å². The Labute approximate surface area is 78.0 Å². The summed E-state index contributed by atoms with van der Waals surface area (Å²) in [5.74, 6) is 1.36. The Morgan fingerprint density at radius 3 is 2.77 bits per heavy atom. The van der Waals surface area contributed by atoms with Crippen LogP contribution in [0.2, 0.25) is 0 Å². The Hall–Kier alpha value is -0.790. The lowest BCUT2D eigenvalue weighted by Gasteiger charge is -2.16. The number of allylic oxidation sites excluding steroid dienone is 2. The molecular weight excluding hydrogens is 164 g/mol. The van der Waals surface area contributed by atoms with Gasteiger partial charge in [-0.15, -0.1) is 0 Å². The zero-order valence-corrected chi connectivity index (χ0v) is 7.82. The molecule has 3 rings (SSSR count). The highest BCUT2D eigenvalue weighted by molar-refractivity contribution is 5.74. The number of methoxy groups -OCH3 is 1. The van der Waals surface area contributed by atoms with Gasteiger partial charge >= 0.3 is 5.97 Å². The summed E-state index contributed by atoms with van der Waals surface area (Å²) in [5, 5.41) is 0. The quantitative estimate of drug-likeness (QED) is 0.452. The Bertz CT molecular complexity index is 288. The molecule has 0 unspecified atom stereocenters. The first-order chi connectivity index (χ1) is 6.28. The van der Waals surface area contributed by atoms with Gasteiger partial charge in [-0.1, -0.05) is 12.2 Å². The summed E-state index contributed by atoms with van der Waals surface area (Å²) in [6.07, 6.45) is 8.25. The maximum Gasteiger partial charge on any atom is 0.309 e. The molecule has 0 amide bonds. The van der Waals surface area contributed by atoms with E-state index in [-0.39, 0.29) is 11.9 Å². The number of hydrogen-bond acceptors (Lipinski definition) is 2. The van der Waals surface area contributed by atoms with Crippen LogP contribution in [0.4, 0.5) is 0 Å². The summed E-state index contributed by atoms with van der Waals surface area (Å²) in [6, 6.07) is 0. The van der Waals surface area contributed by atoms with Gasteiger partial charge in [0.1, 0.15) is 0 Å². The monoisotopic (exact) mass is 178 g/mol. The van der Waals surface area contributed by atoms with Crippen LogP contribution in [0.25, 0.3) is 0 Å². The Morgan fingerprint density at radius 2 is 2.23 bits per heavy atom. The zero-order valence-electron chi connectivity index (χ0n) is 7.82. The van der Waals surface area contributed by atoms with Crippen molar-refractivity contribution in [2.45, 2.75) is 19.3 Å². The molecule has 2 nitrogen and oxygen atoms in total. The molecule has 2 fully saturated rings. The van der Waals surface area contributed by atoms with Crippen molar-refractivity contribution in [3.05, 3.63) is 12.2 Å². The number of carbonyl (C=O) groups is 1. The van der Waals surface area contributed by atoms with Crippen molar-refractivity contribution in [1.29, 1.82) is 0 Å². The summed E-state index contributed by atoms with van der Waals surface area (Å²) in [6.45, 7) is 0. The van der Waals surface area contributed by atoms with Gasteiger partial charge in [0.25, 0.3) is 0 Å². The molecule has 70 valence electrons. The smallest absolute Gasteiger partial charge is 0.309 e. The minimum Gasteiger partial charge on any atom is -0.469 e. The molecule has 0 aliphatic heterocycles. The first kappa shape index (κ1) is 7.60. The molecule has 0 heterocycles. The van der Waals surface area contributed by atoms with E-state index in [4.69, 9.17) is 4.74 Å². The highest BCUT2D eigenvalue weighted by Crippen LogP contribution is 2.70. The molecule has 0 radical (unpaired) electrons. The van der Waals surface area contributed by atoms with Crippen LogP contribution in [0.15, 0.2) is 12.2 Å². The number of hydrogen-bond donors (Lipinski definition) is 0. The molecular formula is C11H14O2. The zero-order chi connectivity index (χ0) is 9.05. The predicted octanol–water partition coefficient (Wildman–Crippen LogP) is 1.76. The van der Waals surface area contributed by atoms with Gasteiger partial charge in [0, 0.05) is 0 Å². The molecule has 0 saturated heterocycles. The molecule has 0 aromatic carbocycles. The van der Waals surface area contributed by atoms with E-state index in [9.17, 15) is 4.79 Å². The third kappa shape index (κ3) is 0.767. The molecule has 2 saturated carbocycles. The largest absolute Gasteiger partial charge is 0.469 e. The van der Waals surface area contributed by atoms with Gasteiger partial charge in [-0.3, -0.25) is 4.79 Å². The number of carbonyl (C=O) groups excluding carboxylic acids is 1. The molecule has 13 heavy (non-hydrogen) atoms. The molecule has 0 N–H and O–H groups in total. The van der Waals surface area contributed by atoms with Gasteiger partial charge in [-0.05, 0) is 36.5 Å². The lowest BCUT2D eigenvalue weighted by Crippen LogP contribution is -2.22. The van der Waals surface area contributed by atoms with Crippen molar-refractivity contribution < 1.29 is 9.53 Å². The third-order valence-electron chi connectivity index (χ3n) is 4.23. The molecule has 2 bridgehead atoms. The Morgan fingerprint density at radius 1 is 1.46 bits per heavy atom. The number of ether oxygens (including phenoxy) is 1. The average Bonchev–Trinajstić information content (AvgIpc) is 2.82. The summed E-state index contributed by atoms with van der Waals surface area (Å²) < 4.78 is 4.84. The van der Waals surface area contributed by atoms with E-state index in [0.717, 1.165) is 6.42 Å². The minimum atomic E-state index is 0.00289. The number of rotatable bonds is 1. The maximum atomic E-state index is 11.5. The average molecular weight is 178 g/mol. The van der Waals surface area contributed by atoms with Crippen LogP contribution in [-0.2, 0) is 9.53 Å².